The first-order valence-corrected chi connectivity index (χ1v) is 6.01. The molecule has 0 saturated heterocycles. The number of rotatable bonds is 7. The minimum atomic E-state index is -4.32. The number of nitrogens with two attached hydrogens (primary N) is 1. The average Bonchev–Trinajstić information content (AvgIpc) is 2.33. The van der Waals surface area contributed by atoms with Gasteiger partial charge in [0.05, 0.1) is 5.56 Å². The summed E-state index contributed by atoms with van der Waals surface area (Å²) in [5, 5.41) is 2.89. The van der Waals surface area contributed by atoms with Crippen molar-refractivity contribution < 1.29 is 13.2 Å². The van der Waals surface area contributed by atoms with Crippen molar-refractivity contribution in [3.05, 3.63) is 23.9 Å². The molecule has 0 spiro atoms. The van der Waals surface area contributed by atoms with Gasteiger partial charge in [0.1, 0.15) is 5.82 Å². The predicted molar refractivity (Wildman–Crippen MR) is 65.3 cm³/mol. The van der Waals surface area contributed by atoms with E-state index in [1.165, 1.54) is 6.20 Å². The van der Waals surface area contributed by atoms with Crippen molar-refractivity contribution in [3.8, 4) is 0 Å². The van der Waals surface area contributed by atoms with Crippen LogP contribution in [0.25, 0.3) is 0 Å². The van der Waals surface area contributed by atoms with Crippen molar-refractivity contribution in [1.82, 2.24) is 4.98 Å². The molecule has 0 unspecified atom stereocenters. The van der Waals surface area contributed by atoms with Gasteiger partial charge in [-0.25, -0.2) is 4.98 Å². The molecule has 1 aromatic heterocycles. The first-order valence-electron chi connectivity index (χ1n) is 6.01. The summed E-state index contributed by atoms with van der Waals surface area (Å²) >= 11 is 0. The molecule has 0 aliphatic rings. The first-order chi connectivity index (χ1) is 8.54. The van der Waals surface area contributed by atoms with Gasteiger partial charge in [0, 0.05) is 12.7 Å². The van der Waals surface area contributed by atoms with Crippen molar-refractivity contribution in [2.24, 2.45) is 5.73 Å². The standard InChI is InChI=1S/C12H18F3N3/c13-12(14,15)10-5-8-18-11(9-10)17-7-4-2-1-3-6-16/h5,8-9H,1-4,6-7,16H2,(H,17,18). The number of alkyl halides is 3. The van der Waals surface area contributed by atoms with Gasteiger partial charge in [-0.1, -0.05) is 12.8 Å². The van der Waals surface area contributed by atoms with E-state index in [1.807, 2.05) is 0 Å². The molecule has 6 heteroatoms. The second kappa shape index (κ2) is 7.20. The fourth-order valence-corrected chi connectivity index (χ4v) is 1.54. The summed E-state index contributed by atoms with van der Waals surface area (Å²) in [7, 11) is 0. The molecule has 0 amide bonds. The Hall–Kier alpha value is -1.30. The quantitative estimate of drug-likeness (QED) is 0.742. The van der Waals surface area contributed by atoms with Crippen LogP contribution in [0.3, 0.4) is 0 Å². The van der Waals surface area contributed by atoms with Gasteiger partial charge in [-0.15, -0.1) is 0 Å². The van der Waals surface area contributed by atoms with Gasteiger partial charge in [0.15, 0.2) is 0 Å². The fraction of sp³-hybridized carbons (Fsp3) is 0.583. The van der Waals surface area contributed by atoms with Crippen LogP contribution >= 0.6 is 0 Å². The van der Waals surface area contributed by atoms with Crippen molar-refractivity contribution in [2.75, 3.05) is 18.4 Å². The number of nitrogens with one attached hydrogen (secondary N) is 1. The summed E-state index contributed by atoms with van der Waals surface area (Å²) in [5.74, 6) is 0.267. The average molecular weight is 261 g/mol. The van der Waals surface area contributed by atoms with Gasteiger partial charge in [-0.2, -0.15) is 13.2 Å². The van der Waals surface area contributed by atoms with E-state index in [0.717, 1.165) is 37.8 Å². The first kappa shape index (κ1) is 14.8. The van der Waals surface area contributed by atoms with Crippen LogP contribution in [-0.4, -0.2) is 18.1 Å². The maximum Gasteiger partial charge on any atom is 0.416 e. The van der Waals surface area contributed by atoms with E-state index < -0.39 is 11.7 Å². The number of unbranched alkanes of at least 4 members (excludes halogenated alkanes) is 3. The number of hydrogen-bond donors (Lipinski definition) is 2. The van der Waals surface area contributed by atoms with Crippen LogP contribution in [0.5, 0.6) is 0 Å². The lowest BCUT2D eigenvalue weighted by Crippen LogP contribution is -2.08. The third kappa shape index (κ3) is 5.35. The maximum atomic E-state index is 12.4. The Bertz CT molecular complexity index is 353. The molecule has 0 aromatic carbocycles. The van der Waals surface area contributed by atoms with Crippen LogP contribution < -0.4 is 11.1 Å². The van der Waals surface area contributed by atoms with Gasteiger partial charge in [0.2, 0.25) is 0 Å². The molecule has 1 aromatic rings. The SMILES string of the molecule is NCCCCCCNc1cc(C(F)(F)F)ccn1. The zero-order chi connectivity index (χ0) is 13.4. The van der Waals surface area contributed by atoms with Crippen LogP contribution in [0.15, 0.2) is 18.3 Å². The molecule has 1 rings (SSSR count). The smallest absolute Gasteiger partial charge is 0.370 e. The third-order valence-corrected chi connectivity index (χ3v) is 2.52. The third-order valence-electron chi connectivity index (χ3n) is 2.52. The Morgan fingerprint density at radius 1 is 1.17 bits per heavy atom. The summed E-state index contributed by atoms with van der Waals surface area (Å²) in [6, 6.07) is 1.99. The van der Waals surface area contributed by atoms with E-state index >= 15 is 0 Å². The Kier molecular flexibility index (Phi) is 5.91. The topological polar surface area (TPSA) is 50.9 Å². The Balaban J connectivity index is 2.34. The lowest BCUT2D eigenvalue weighted by molar-refractivity contribution is -0.137. The molecule has 1 heterocycles. The molecule has 0 saturated carbocycles. The van der Waals surface area contributed by atoms with Gasteiger partial charge < -0.3 is 11.1 Å². The van der Waals surface area contributed by atoms with Gasteiger partial charge >= 0.3 is 6.18 Å². The van der Waals surface area contributed by atoms with E-state index in [2.05, 4.69) is 10.3 Å². The van der Waals surface area contributed by atoms with Gasteiger partial charge in [-0.3, -0.25) is 0 Å². The Labute approximate surface area is 105 Å². The van der Waals surface area contributed by atoms with Gasteiger partial charge in [0.25, 0.3) is 0 Å². The van der Waals surface area contributed by atoms with Crippen molar-refractivity contribution in [3.63, 3.8) is 0 Å². The summed E-state index contributed by atoms with van der Waals surface area (Å²) in [6.45, 7) is 1.31. The van der Waals surface area contributed by atoms with E-state index in [4.69, 9.17) is 5.73 Å². The molecule has 102 valence electrons. The predicted octanol–water partition coefficient (Wildman–Crippen LogP) is 3.03. The molecular weight excluding hydrogens is 243 g/mol. The van der Waals surface area contributed by atoms with Gasteiger partial charge in [-0.05, 0) is 31.5 Å². The van der Waals surface area contributed by atoms with Crippen LogP contribution in [0.4, 0.5) is 19.0 Å². The minimum absolute atomic E-state index is 0.267. The highest BCUT2D eigenvalue weighted by molar-refractivity contribution is 5.38. The van der Waals surface area contributed by atoms with E-state index in [-0.39, 0.29) is 5.82 Å². The van der Waals surface area contributed by atoms with Crippen LogP contribution in [0.2, 0.25) is 0 Å². The summed E-state index contributed by atoms with van der Waals surface area (Å²) in [6.07, 6.45) is 0.803. The number of halogens is 3. The van der Waals surface area contributed by atoms with Crippen molar-refractivity contribution >= 4 is 5.82 Å². The summed E-state index contributed by atoms with van der Waals surface area (Å²) in [5.41, 5.74) is 4.68. The molecule has 0 bridgehead atoms. The number of hydrogen-bond acceptors (Lipinski definition) is 3. The maximum absolute atomic E-state index is 12.4. The Morgan fingerprint density at radius 3 is 2.56 bits per heavy atom. The number of pyridine rings is 1. The number of aromatic nitrogens is 1. The second-order valence-corrected chi connectivity index (χ2v) is 4.06. The zero-order valence-corrected chi connectivity index (χ0v) is 10.1. The van der Waals surface area contributed by atoms with E-state index in [1.54, 1.807) is 0 Å². The highest BCUT2D eigenvalue weighted by Gasteiger charge is 2.30. The minimum Gasteiger partial charge on any atom is -0.370 e. The number of nitrogens with zero attached hydrogens (tertiary/aromatic N) is 1. The lowest BCUT2D eigenvalue weighted by Gasteiger charge is -2.09. The molecule has 0 atom stereocenters. The molecule has 3 N–H and O–H groups in total. The fourth-order valence-electron chi connectivity index (χ4n) is 1.54. The molecule has 0 aliphatic heterocycles. The zero-order valence-electron chi connectivity index (χ0n) is 10.1. The Morgan fingerprint density at radius 2 is 1.89 bits per heavy atom. The van der Waals surface area contributed by atoms with Crippen molar-refractivity contribution in [1.29, 1.82) is 0 Å². The summed E-state index contributed by atoms with van der Waals surface area (Å²) in [4.78, 5) is 3.86. The molecule has 18 heavy (non-hydrogen) atoms. The van der Waals surface area contributed by atoms with Crippen LogP contribution in [-0.2, 0) is 6.18 Å². The normalized spacial score (nSPS) is 11.6. The van der Waals surface area contributed by atoms with E-state index in [9.17, 15) is 13.2 Å². The molecule has 0 fully saturated rings. The highest BCUT2D eigenvalue weighted by Crippen LogP contribution is 2.29. The molecule has 0 aliphatic carbocycles. The van der Waals surface area contributed by atoms with Crippen LogP contribution in [0.1, 0.15) is 31.2 Å². The summed E-state index contributed by atoms with van der Waals surface area (Å²) < 4.78 is 37.3. The van der Waals surface area contributed by atoms with E-state index in [0.29, 0.717) is 13.1 Å². The second-order valence-electron chi connectivity index (χ2n) is 4.06. The monoisotopic (exact) mass is 261 g/mol. The molecular formula is C12H18F3N3. The van der Waals surface area contributed by atoms with Crippen LogP contribution in [0, 0.1) is 0 Å². The largest absolute Gasteiger partial charge is 0.416 e. The number of anilines is 1. The highest BCUT2D eigenvalue weighted by atomic mass is 19.4. The van der Waals surface area contributed by atoms with Crippen molar-refractivity contribution in [2.45, 2.75) is 31.9 Å². The molecule has 3 nitrogen and oxygen atoms in total. The lowest BCUT2D eigenvalue weighted by atomic mass is 10.2. The molecule has 0 radical (unpaired) electrons.